The van der Waals surface area contributed by atoms with Crippen LogP contribution < -0.4 is 0 Å². The number of rotatable bonds is 8. The van der Waals surface area contributed by atoms with Gasteiger partial charge in [-0.25, -0.2) is 0 Å². The molecule has 2 aromatic rings. The van der Waals surface area contributed by atoms with Crippen molar-refractivity contribution in [1.82, 2.24) is 0 Å². The normalized spacial score (nSPS) is 24.0. The highest BCUT2D eigenvalue weighted by Gasteiger charge is 2.37. The fourth-order valence-corrected chi connectivity index (χ4v) is 6.77. The van der Waals surface area contributed by atoms with E-state index in [4.69, 9.17) is 0 Å². The lowest BCUT2D eigenvalue weighted by Gasteiger charge is -2.20. The molecule has 6 aliphatic carbocycles. The first-order chi connectivity index (χ1) is 16.3. The second-order valence-corrected chi connectivity index (χ2v) is 11.7. The van der Waals surface area contributed by atoms with Crippen LogP contribution in [-0.2, 0) is 0 Å². The molecule has 166 valence electrons. The zero-order chi connectivity index (χ0) is 21.5. The lowest BCUT2D eigenvalue weighted by molar-refractivity contribution is 0.751. The van der Waals surface area contributed by atoms with Gasteiger partial charge < -0.3 is 0 Å². The van der Waals surface area contributed by atoms with E-state index in [1.54, 1.807) is 56.3 Å². The van der Waals surface area contributed by atoms with Gasteiger partial charge in [-0.1, -0.05) is 55.0 Å². The van der Waals surface area contributed by atoms with Crippen LogP contribution in [0.2, 0.25) is 0 Å². The second-order valence-electron chi connectivity index (χ2n) is 11.7. The van der Waals surface area contributed by atoms with Crippen molar-refractivity contribution >= 4 is 12.2 Å². The molecule has 0 spiro atoms. The Morgan fingerprint density at radius 1 is 0.455 bits per heavy atom. The third kappa shape index (κ3) is 3.31. The van der Waals surface area contributed by atoms with Crippen LogP contribution in [0.3, 0.4) is 0 Å². The Morgan fingerprint density at radius 2 is 0.818 bits per heavy atom. The fraction of sp³-hybridized carbons (Fsp3) is 0.455. The zero-order valence-corrected chi connectivity index (χ0v) is 19.7. The van der Waals surface area contributed by atoms with Crippen LogP contribution in [0, 0.1) is 11.8 Å². The molecule has 6 aliphatic rings. The molecule has 0 unspecified atom stereocenters. The van der Waals surface area contributed by atoms with Gasteiger partial charge in [0.15, 0.2) is 0 Å². The van der Waals surface area contributed by atoms with Gasteiger partial charge in [0.1, 0.15) is 0 Å². The molecule has 2 radical (unpaired) electrons. The van der Waals surface area contributed by atoms with E-state index < -0.39 is 0 Å². The Morgan fingerprint density at radius 3 is 1.21 bits per heavy atom. The summed E-state index contributed by atoms with van der Waals surface area (Å²) in [5, 5.41) is 0. The van der Waals surface area contributed by atoms with E-state index in [2.05, 4.69) is 48.6 Å². The third-order valence-corrected chi connectivity index (χ3v) is 9.13. The average Bonchev–Trinajstić information content (AvgIpc) is 3.68. The van der Waals surface area contributed by atoms with Gasteiger partial charge in [0.25, 0.3) is 0 Å². The topological polar surface area (TPSA) is 0 Å². The molecule has 0 nitrogen and oxygen atoms in total. The maximum Gasteiger partial charge on any atom is 0.0276 e. The largest absolute Gasteiger partial charge is 0.0721 e. The molecule has 4 saturated carbocycles. The summed E-state index contributed by atoms with van der Waals surface area (Å²) in [6, 6.07) is 9.96. The van der Waals surface area contributed by atoms with Crippen molar-refractivity contribution in [2.24, 2.45) is 0 Å². The smallest absolute Gasteiger partial charge is 0.0276 e. The molecule has 8 rings (SSSR count). The Labute approximate surface area is 199 Å². The van der Waals surface area contributed by atoms with E-state index in [0.29, 0.717) is 0 Å². The van der Waals surface area contributed by atoms with Gasteiger partial charge in [-0.3, -0.25) is 0 Å². The van der Waals surface area contributed by atoms with Gasteiger partial charge in [-0.2, -0.15) is 0 Å². The summed E-state index contributed by atoms with van der Waals surface area (Å²) < 4.78 is 0. The molecule has 2 aromatic carbocycles. The summed E-state index contributed by atoms with van der Waals surface area (Å²) >= 11 is 0. The fourth-order valence-electron chi connectivity index (χ4n) is 6.77. The zero-order valence-electron chi connectivity index (χ0n) is 19.7. The van der Waals surface area contributed by atoms with Crippen molar-refractivity contribution in [1.29, 1.82) is 0 Å². The molecule has 0 atom stereocenters. The summed E-state index contributed by atoms with van der Waals surface area (Å²) in [4.78, 5) is 0. The Balaban J connectivity index is 1.03. The Kier molecular flexibility index (Phi) is 4.20. The van der Waals surface area contributed by atoms with Crippen LogP contribution in [0.4, 0.5) is 0 Å². The van der Waals surface area contributed by atoms with Gasteiger partial charge in [0.2, 0.25) is 0 Å². The van der Waals surface area contributed by atoms with Crippen LogP contribution >= 0.6 is 0 Å². The highest BCUT2D eigenvalue weighted by Crippen LogP contribution is 2.53. The van der Waals surface area contributed by atoms with Crippen molar-refractivity contribution in [2.45, 2.75) is 94.3 Å². The Hall–Kier alpha value is -2.08. The molecular formula is C33H34. The lowest BCUT2D eigenvalue weighted by Crippen LogP contribution is -2.05. The van der Waals surface area contributed by atoms with Gasteiger partial charge in [0, 0.05) is 11.8 Å². The number of allylic oxidation sites excluding steroid dienone is 2. The van der Waals surface area contributed by atoms with Crippen molar-refractivity contribution < 1.29 is 0 Å². The quantitative estimate of drug-likeness (QED) is 0.392. The van der Waals surface area contributed by atoms with E-state index in [-0.39, 0.29) is 0 Å². The van der Waals surface area contributed by atoms with Gasteiger partial charge in [-0.15, -0.1) is 0 Å². The number of benzene rings is 2. The Bertz CT molecular complexity index is 1080. The molecular weight excluding hydrogens is 396 g/mol. The number of hydrogen-bond donors (Lipinski definition) is 0. The summed E-state index contributed by atoms with van der Waals surface area (Å²) in [6.07, 6.45) is 24.8. The molecule has 0 aliphatic heterocycles. The monoisotopic (exact) mass is 430 g/mol. The predicted molar refractivity (Wildman–Crippen MR) is 137 cm³/mol. The molecule has 0 saturated heterocycles. The first-order valence-electron chi connectivity index (χ1n) is 13.8. The molecule has 0 bridgehead atoms. The van der Waals surface area contributed by atoms with Crippen molar-refractivity contribution in [3.63, 3.8) is 0 Å². The van der Waals surface area contributed by atoms with Crippen molar-refractivity contribution in [3.05, 3.63) is 92.8 Å². The van der Waals surface area contributed by atoms with E-state index in [0.717, 1.165) is 23.7 Å². The molecule has 0 aromatic heterocycles. The van der Waals surface area contributed by atoms with E-state index in [1.807, 2.05) is 0 Å². The highest BCUT2D eigenvalue weighted by molar-refractivity contribution is 5.76. The standard InChI is InChI=1S/C33H34/c1(2-24-12-14-30-26(20-4-5-20)16-18-28(32(24)30)22-8-9-22)3-25-13-15-31-27(21-6-7-21)17-19-29(33(25)31)23-10-11-23/h12-23H,1-11H2. The molecule has 0 N–H and O–H groups in total. The first kappa shape index (κ1) is 19.2. The molecule has 0 heteroatoms. The van der Waals surface area contributed by atoms with Crippen molar-refractivity contribution in [3.8, 4) is 0 Å². The van der Waals surface area contributed by atoms with E-state index >= 15 is 0 Å². The predicted octanol–water partition coefficient (Wildman–Crippen LogP) is 8.97. The van der Waals surface area contributed by atoms with Crippen LogP contribution in [0.25, 0.3) is 12.2 Å². The molecule has 0 heterocycles. The van der Waals surface area contributed by atoms with Crippen LogP contribution in [0.5, 0.6) is 0 Å². The summed E-state index contributed by atoms with van der Waals surface area (Å²) in [5.41, 5.74) is 13.1. The number of fused-ring (bicyclic) bond motifs is 2. The summed E-state index contributed by atoms with van der Waals surface area (Å²) in [6.45, 7) is 0. The van der Waals surface area contributed by atoms with Crippen LogP contribution in [0.15, 0.2) is 36.4 Å². The van der Waals surface area contributed by atoms with Crippen LogP contribution in [0.1, 0.15) is 139 Å². The van der Waals surface area contributed by atoms with E-state index in [9.17, 15) is 0 Å². The molecule has 33 heavy (non-hydrogen) atoms. The van der Waals surface area contributed by atoms with E-state index in [1.165, 1.54) is 70.6 Å². The van der Waals surface area contributed by atoms with Crippen molar-refractivity contribution in [2.75, 3.05) is 0 Å². The first-order valence-corrected chi connectivity index (χ1v) is 13.8. The minimum atomic E-state index is 0.836. The summed E-state index contributed by atoms with van der Waals surface area (Å²) in [7, 11) is 0. The van der Waals surface area contributed by atoms with Gasteiger partial charge in [-0.05, 0) is 132 Å². The number of hydrogen-bond acceptors (Lipinski definition) is 0. The SMILES string of the molecule is C1=Cc2c(C3CC3)ccc(C3CC3)c2[C]1CCC[C]1C=Cc2c(C3CC3)ccc(C3CC3)c21. The van der Waals surface area contributed by atoms with Gasteiger partial charge >= 0.3 is 0 Å². The minimum absolute atomic E-state index is 0.836. The summed E-state index contributed by atoms with van der Waals surface area (Å²) in [5.74, 6) is 6.62. The maximum absolute atomic E-state index is 2.50. The van der Waals surface area contributed by atoms with Gasteiger partial charge in [0.05, 0.1) is 0 Å². The third-order valence-electron chi connectivity index (χ3n) is 9.13. The molecule has 0 amide bonds. The second kappa shape index (κ2) is 7.21. The average molecular weight is 431 g/mol. The van der Waals surface area contributed by atoms with Crippen LogP contribution in [-0.4, -0.2) is 0 Å². The highest BCUT2D eigenvalue weighted by atomic mass is 14.4. The minimum Gasteiger partial charge on any atom is -0.0721 e. The molecule has 4 fully saturated rings. The lowest BCUT2D eigenvalue weighted by atomic mass is 9.84. The maximum atomic E-state index is 2.50.